The molecule has 2 heterocycles. The second-order valence-corrected chi connectivity index (χ2v) is 7.74. The third-order valence-electron chi connectivity index (χ3n) is 5.57. The van der Waals surface area contributed by atoms with Gasteiger partial charge in [-0.2, -0.15) is 0 Å². The van der Waals surface area contributed by atoms with E-state index >= 15 is 0 Å². The summed E-state index contributed by atoms with van der Waals surface area (Å²) in [7, 11) is 0. The third-order valence-corrected chi connectivity index (χ3v) is 5.57. The van der Waals surface area contributed by atoms with Crippen LogP contribution in [0.5, 0.6) is 28.7 Å². The molecule has 2 aromatic carbocycles. The minimum Gasteiger partial charge on any atom is -0.508 e. The molecule has 1 fully saturated rings. The number of carbonyl (C=O) groups is 1. The molecule has 2 unspecified atom stereocenters. The van der Waals surface area contributed by atoms with Gasteiger partial charge in [-0.1, -0.05) is 0 Å². The van der Waals surface area contributed by atoms with Crippen molar-refractivity contribution < 1.29 is 59.9 Å². The van der Waals surface area contributed by atoms with E-state index < -0.39 is 72.6 Å². The number of phenols is 4. The monoisotopic (exact) mass is 466 g/mol. The molecule has 8 N–H and O–H groups in total. The number of rotatable bonds is 4. The average molecular weight is 466 g/mol. The zero-order valence-corrected chi connectivity index (χ0v) is 16.8. The predicted octanol–water partition coefficient (Wildman–Crippen LogP) is -0.990. The number of carbonyl (C=O) groups excluding carboxylic acids is 1. The van der Waals surface area contributed by atoms with Gasteiger partial charge in [-0.15, -0.1) is 0 Å². The Balaban J connectivity index is 1.74. The van der Waals surface area contributed by atoms with Crippen LogP contribution < -0.4 is 4.74 Å². The number of aromatic hydroxyl groups is 4. The summed E-state index contributed by atoms with van der Waals surface area (Å²) in [6.45, 7) is -0.717. The number of hydrogen-bond acceptors (Lipinski definition) is 12. The van der Waals surface area contributed by atoms with Crippen molar-refractivity contribution in [2.24, 2.45) is 0 Å². The summed E-state index contributed by atoms with van der Waals surface area (Å²) in [5.74, 6) is -3.16. The van der Waals surface area contributed by atoms with Crippen LogP contribution in [0.15, 0.2) is 30.3 Å². The average Bonchev–Trinajstić information content (AvgIpc) is 2.78. The van der Waals surface area contributed by atoms with Gasteiger partial charge in [0.1, 0.15) is 35.9 Å². The van der Waals surface area contributed by atoms with Crippen LogP contribution in [0.3, 0.4) is 0 Å². The smallest absolute Gasteiger partial charge is 0.200 e. The number of ketones is 1. The fourth-order valence-corrected chi connectivity index (χ4v) is 3.79. The second kappa shape index (κ2) is 8.67. The van der Waals surface area contributed by atoms with E-state index in [1.807, 2.05) is 0 Å². The zero-order valence-electron chi connectivity index (χ0n) is 16.8. The molecule has 0 spiro atoms. The normalized spacial score (nSPS) is 31.6. The first-order chi connectivity index (χ1) is 15.6. The van der Waals surface area contributed by atoms with Crippen LogP contribution in [0.25, 0.3) is 0 Å². The summed E-state index contributed by atoms with van der Waals surface area (Å²) in [5.41, 5.74) is -0.00871. The molecular formula is C21H22O12. The highest BCUT2D eigenvalue weighted by atomic mass is 16.7. The van der Waals surface area contributed by atoms with Gasteiger partial charge in [0.05, 0.1) is 12.2 Å². The summed E-state index contributed by atoms with van der Waals surface area (Å²) >= 11 is 0. The fraction of sp³-hybridized carbons (Fsp3) is 0.381. The highest BCUT2D eigenvalue weighted by Gasteiger charge is 2.48. The Hall–Kier alpha value is -3.13. The number of hydrogen-bond donors (Lipinski definition) is 8. The number of ether oxygens (including phenoxy) is 3. The first-order valence-corrected chi connectivity index (χ1v) is 9.87. The predicted molar refractivity (Wildman–Crippen MR) is 106 cm³/mol. The number of phenolic OH excluding ortho intramolecular Hbond substituents is 4. The number of Topliss-reactive ketones (excluding diaryl/α,β-unsaturated/α-hetero) is 1. The molecule has 12 nitrogen and oxygen atoms in total. The van der Waals surface area contributed by atoms with Gasteiger partial charge in [0, 0.05) is 11.6 Å². The number of aliphatic hydroxyl groups excluding tert-OH is 4. The van der Waals surface area contributed by atoms with Gasteiger partial charge in [0.15, 0.2) is 41.5 Å². The van der Waals surface area contributed by atoms with Crippen molar-refractivity contribution in [1.82, 2.24) is 0 Å². The molecule has 0 radical (unpaired) electrons. The molecule has 33 heavy (non-hydrogen) atoms. The lowest BCUT2D eigenvalue weighted by atomic mass is 9.92. The second-order valence-electron chi connectivity index (χ2n) is 7.74. The van der Waals surface area contributed by atoms with Crippen molar-refractivity contribution >= 4 is 5.78 Å². The van der Waals surface area contributed by atoms with Gasteiger partial charge in [-0.05, 0) is 24.3 Å². The number of aliphatic hydroxyl groups is 4. The molecule has 0 saturated carbocycles. The van der Waals surface area contributed by atoms with E-state index in [9.17, 15) is 45.6 Å². The molecule has 1 saturated heterocycles. The summed E-state index contributed by atoms with van der Waals surface area (Å²) in [5, 5.41) is 78.9. The Morgan fingerprint density at radius 3 is 2.21 bits per heavy atom. The third kappa shape index (κ3) is 4.04. The maximum absolute atomic E-state index is 13.3. The molecule has 2 aliphatic rings. The first-order valence-electron chi connectivity index (χ1n) is 9.87. The quantitative estimate of drug-likeness (QED) is 0.256. The van der Waals surface area contributed by atoms with Crippen LogP contribution in [-0.4, -0.2) is 90.1 Å². The van der Waals surface area contributed by atoms with E-state index in [0.717, 1.165) is 12.1 Å². The highest BCUT2D eigenvalue weighted by molar-refractivity contribution is 6.03. The van der Waals surface area contributed by atoms with Gasteiger partial charge in [-0.3, -0.25) is 4.79 Å². The van der Waals surface area contributed by atoms with Crippen molar-refractivity contribution in [2.45, 2.75) is 42.9 Å². The van der Waals surface area contributed by atoms with E-state index in [0.29, 0.717) is 0 Å². The van der Waals surface area contributed by atoms with Crippen LogP contribution in [0.1, 0.15) is 22.0 Å². The topological polar surface area (TPSA) is 207 Å². The van der Waals surface area contributed by atoms with Gasteiger partial charge in [0.25, 0.3) is 0 Å². The molecule has 0 aliphatic carbocycles. The maximum Gasteiger partial charge on any atom is 0.200 e. The molecule has 0 bridgehead atoms. The van der Waals surface area contributed by atoms with Crippen molar-refractivity contribution in [3.05, 3.63) is 41.5 Å². The van der Waals surface area contributed by atoms with Gasteiger partial charge < -0.3 is 55.1 Å². The summed E-state index contributed by atoms with van der Waals surface area (Å²) in [6, 6.07) is 5.72. The van der Waals surface area contributed by atoms with Crippen molar-refractivity contribution in [3.63, 3.8) is 0 Å². The lowest BCUT2D eigenvalue weighted by Gasteiger charge is -2.42. The highest BCUT2D eigenvalue weighted by Crippen LogP contribution is 2.43. The zero-order chi connectivity index (χ0) is 24.0. The Bertz CT molecular complexity index is 1030. The van der Waals surface area contributed by atoms with E-state index in [4.69, 9.17) is 14.2 Å². The van der Waals surface area contributed by atoms with E-state index in [1.165, 1.54) is 18.2 Å². The van der Waals surface area contributed by atoms with Crippen LogP contribution >= 0.6 is 0 Å². The van der Waals surface area contributed by atoms with Crippen molar-refractivity contribution in [3.8, 4) is 28.7 Å². The minimum absolute atomic E-state index is 0.00543. The van der Waals surface area contributed by atoms with Gasteiger partial charge in [0.2, 0.25) is 0 Å². The molecule has 4 rings (SSSR count). The molecule has 7 atom stereocenters. The Labute approximate surface area is 186 Å². The number of fused-ring (bicyclic) bond motifs is 1. The first kappa shape index (κ1) is 23.0. The van der Waals surface area contributed by atoms with Crippen LogP contribution in [0, 0.1) is 0 Å². The van der Waals surface area contributed by atoms with Crippen LogP contribution in [0.2, 0.25) is 0 Å². The maximum atomic E-state index is 13.3. The lowest BCUT2D eigenvalue weighted by Crippen LogP contribution is -2.60. The largest absolute Gasteiger partial charge is 0.508 e. The SMILES string of the molecule is O=C1c2ccc(O)cc2OC(c2cc(O)c(O)c(O)c2)C1O[C@H]1O[C@H](CO)[C@@H](O)[C@H](O)[C@H]1O. The van der Waals surface area contributed by atoms with E-state index in [2.05, 4.69) is 0 Å². The minimum atomic E-state index is -1.81. The number of benzene rings is 2. The summed E-state index contributed by atoms with van der Waals surface area (Å²) in [6.07, 6.45) is -11.1. The van der Waals surface area contributed by atoms with Crippen LogP contribution in [-0.2, 0) is 9.47 Å². The molecule has 2 aliphatic heterocycles. The Morgan fingerprint density at radius 1 is 0.909 bits per heavy atom. The van der Waals surface area contributed by atoms with E-state index in [1.54, 1.807) is 0 Å². The molecule has 2 aromatic rings. The molecule has 12 heteroatoms. The van der Waals surface area contributed by atoms with Crippen LogP contribution in [0.4, 0.5) is 0 Å². The molecular weight excluding hydrogens is 444 g/mol. The molecule has 0 aromatic heterocycles. The van der Waals surface area contributed by atoms with Crippen molar-refractivity contribution in [1.29, 1.82) is 0 Å². The summed E-state index contributed by atoms with van der Waals surface area (Å²) < 4.78 is 16.8. The lowest BCUT2D eigenvalue weighted by molar-refractivity contribution is -0.311. The fourth-order valence-electron chi connectivity index (χ4n) is 3.79. The van der Waals surface area contributed by atoms with Crippen molar-refractivity contribution in [2.75, 3.05) is 6.61 Å². The molecule has 0 amide bonds. The summed E-state index contributed by atoms with van der Waals surface area (Å²) in [4.78, 5) is 13.3. The Morgan fingerprint density at radius 2 is 1.58 bits per heavy atom. The molecule has 178 valence electrons. The van der Waals surface area contributed by atoms with E-state index in [-0.39, 0.29) is 22.6 Å². The van der Waals surface area contributed by atoms with Gasteiger partial charge >= 0.3 is 0 Å². The van der Waals surface area contributed by atoms with Gasteiger partial charge in [-0.25, -0.2) is 0 Å². The standard InChI is InChI=1S/C21H22O12/c22-6-13-16(28)17(29)18(30)21(32-13)33-20-14(26)9-2-1-8(23)5-12(9)31-19(20)7-3-10(24)15(27)11(25)4-7/h1-5,13,16-25,27-30H,6H2/t13-,16-,17+,18-,19?,20?,21-/m1/s1. The Kier molecular flexibility index (Phi) is 6.05.